The Bertz CT molecular complexity index is 921. The Labute approximate surface area is 130 Å². The zero-order valence-corrected chi connectivity index (χ0v) is 12.0. The number of aromatic amines is 1. The van der Waals surface area contributed by atoms with Gasteiger partial charge in [0.15, 0.2) is 6.61 Å². The number of benzene rings is 2. The lowest BCUT2D eigenvalue weighted by molar-refractivity contribution is -0.118. The lowest BCUT2D eigenvalue weighted by atomic mass is 10.1. The number of ether oxygens (including phenoxy) is 1. The molecule has 3 aromatic rings. The average molecular weight is 312 g/mol. The molecule has 6 heteroatoms. The van der Waals surface area contributed by atoms with E-state index in [1.165, 1.54) is 24.4 Å². The van der Waals surface area contributed by atoms with Crippen molar-refractivity contribution >= 4 is 22.4 Å². The Hall–Kier alpha value is -3.15. The number of amides is 1. The molecule has 1 aromatic heterocycles. The van der Waals surface area contributed by atoms with E-state index in [1.54, 1.807) is 30.3 Å². The van der Waals surface area contributed by atoms with Gasteiger partial charge >= 0.3 is 0 Å². The smallest absolute Gasteiger partial charge is 0.262 e. The molecule has 0 unspecified atom stereocenters. The largest absolute Gasteiger partial charge is 0.483 e. The topological polar surface area (TPSA) is 71.2 Å². The quantitative estimate of drug-likeness (QED) is 0.778. The molecule has 116 valence electrons. The van der Waals surface area contributed by atoms with E-state index in [-0.39, 0.29) is 12.2 Å². The standard InChI is InChI=1S/C17H13FN2O3/c18-11-3-1-4-12(9-11)20-16(21)10-23-15-6-2-5-14-13(15)7-8-19-17(14)22/h1-9H,10H2,(H,19,22)(H,20,21). The third-order valence-electron chi connectivity index (χ3n) is 3.24. The van der Waals surface area contributed by atoms with Gasteiger partial charge in [0.25, 0.3) is 11.5 Å². The molecule has 0 saturated carbocycles. The van der Waals surface area contributed by atoms with Crippen LogP contribution in [0.25, 0.3) is 10.8 Å². The maximum Gasteiger partial charge on any atom is 0.262 e. The Balaban J connectivity index is 1.72. The number of nitrogens with one attached hydrogen (secondary N) is 2. The van der Waals surface area contributed by atoms with Gasteiger partial charge in [0.2, 0.25) is 0 Å². The molecule has 3 rings (SSSR count). The Morgan fingerprint density at radius 3 is 2.78 bits per heavy atom. The average Bonchev–Trinajstić information content (AvgIpc) is 2.53. The number of aromatic nitrogens is 1. The van der Waals surface area contributed by atoms with Crippen molar-refractivity contribution in [2.75, 3.05) is 11.9 Å². The number of halogens is 1. The summed E-state index contributed by atoms with van der Waals surface area (Å²) in [6, 6.07) is 12.3. The van der Waals surface area contributed by atoms with Crippen LogP contribution in [0.15, 0.2) is 59.5 Å². The third-order valence-corrected chi connectivity index (χ3v) is 3.24. The van der Waals surface area contributed by atoms with Crippen LogP contribution >= 0.6 is 0 Å². The molecule has 0 radical (unpaired) electrons. The number of carbonyl (C=O) groups is 1. The van der Waals surface area contributed by atoms with Crippen molar-refractivity contribution in [2.24, 2.45) is 0 Å². The molecule has 0 atom stereocenters. The number of H-pyrrole nitrogens is 1. The summed E-state index contributed by atoms with van der Waals surface area (Å²) in [5.41, 5.74) is 0.130. The second-order valence-corrected chi connectivity index (χ2v) is 4.87. The zero-order chi connectivity index (χ0) is 16.2. The van der Waals surface area contributed by atoms with Crippen LogP contribution in [0.1, 0.15) is 0 Å². The molecule has 2 aromatic carbocycles. The van der Waals surface area contributed by atoms with Gasteiger partial charge < -0.3 is 15.0 Å². The van der Waals surface area contributed by atoms with Crippen LogP contribution < -0.4 is 15.6 Å². The molecule has 0 spiro atoms. The molecule has 5 nitrogen and oxygen atoms in total. The number of fused-ring (bicyclic) bond motifs is 1. The monoisotopic (exact) mass is 312 g/mol. The number of rotatable bonds is 4. The summed E-state index contributed by atoms with van der Waals surface area (Å²) in [6.07, 6.45) is 1.52. The highest BCUT2D eigenvalue weighted by Gasteiger charge is 2.08. The Morgan fingerprint density at radius 1 is 1.13 bits per heavy atom. The summed E-state index contributed by atoms with van der Waals surface area (Å²) in [5, 5.41) is 3.64. The minimum absolute atomic E-state index is 0.225. The van der Waals surface area contributed by atoms with Crippen LogP contribution in [-0.2, 0) is 4.79 Å². The SMILES string of the molecule is O=C(COc1cccc2c(=O)[nH]ccc12)Nc1cccc(F)c1. The maximum absolute atomic E-state index is 13.1. The number of pyridine rings is 1. The minimum atomic E-state index is -0.433. The maximum atomic E-state index is 13.1. The van der Waals surface area contributed by atoms with Crippen molar-refractivity contribution in [1.82, 2.24) is 4.98 Å². The fraction of sp³-hybridized carbons (Fsp3) is 0.0588. The highest BCUT2D eigenvalue weighted by Crippen LogP contribution is 2.22. The van der Waals surface area contributed by atoms with Gasteiger partial charge in [-0.3, -0.25) is 9.59 Å². The second-order valence-electron chi connectivity index (χ2n) is 4.87. The van der Waals surface area contributed by atoms with E-state index in [1.807, 2.05) is 0 Å². The van der Waals surface area contributed by atoms with Gasteiger partial charge in [-0.15, -0.1) is 0 Å². The first-order chi connectivity index (χ1) is 11.1. The van der Waals surface area contributed by atoms with Gasteiger partial charge in [-0.05, 0) is 36.4 Å². The fourth-order valence-corrected chi connectivity index (χ4v) is 2.22. The van der Waals surface area contributed by atoms with Crippen LogP contribution in [0, 0.1) is 5.82 Å². The summed E-state index contributed by atoms with van der Waals surface area (Å²) in [5.74, 6) is -0.419. The summed E-state index contributed by atoms with van der Waals surface area (Å²) in [7, 11) is 0. The van der Waals surface area contributed by atoms with Crippen molar-refractivity contribution in [3.8, 4) is 5.75 Å². The number of hydrogen-bond donors (Lipinski definition) is 2. The first kappa shape index (κ1) is 14.8. The molecule has 0 aliphatic heterocycles. The predicted molar refractivity (Wildman–Crippen MR) is 85.1 cm³/mol. The molecule has 23 heavy (non-hydrogen) atoms. The Kier molecular flexibility index (Phi) is 4.05. The highest BCUT2D eigenvalue weighted by atomic mass is 19.1. The lowest BCUT2D eigenvalue weighted by Gasteiger charge is -2.09. The van der Waals surface area contributed by atoms with Crippen molar-refractivity contribution in [2.45, 2.75) is 0 Å². The molecule has 1 amide bonds. The minimum Gasteiger partial charge on any atom is -0.483 e. The molecule has 0 saturated heterocycles. The van der Waals surface area contributed by atoms with Crippen LogP contribution in [0.4, 0.5) is 10.1 Å². The zero-order valence-electron chi connectivity index (χ0n) is 12.0. The molecule has 0 aliphatic rings. The van der Waals surface area contributed by atoms with E-state index < -0.39 is 11.7 Å². The third kappa shape index (κ3) is 3.37. The van der Waals surface area contributed by atoms with Crippen LogP contribution in [0.3, 0.4) is 0 Å². The first-order valence-electron chi connectivity index (χ1n) is 6.92. The van der Waals surface area contributed by atoms with Crippen molar-refractivity contribution < 1.29 is 13.9 Å². The van der Waals surface area contributed by atoms with Gasteiger partial charge in [-0.1, -0.05) is 12.1 Å². The number of anilines is 1. The van der Waals surface area contributed by atoms with Gasteiger partial charge in [-0.2, -0.15) is 0 Å². The Morgan fingerprint density at radius 2 is 1.96 bits per heavy atom. The molecular weight excluding hydrogens is 299 g/mol. The molecule has 0 bridgehead atoms. The van der Waals surface area contributed by atoms with E-state index in [0.717, 1.165) is 0 Å². The number of carbonyl (C=O) groups excluding carboxylic acids is 1. The van der Waals surface area contributed by atoms with E-state index in [4.69, 9.17) is 4.74 Å². The molecule has 2 N–H and O–H groups in total. The van der Waals surface area contributed by atoms with E-state index in [2.05, 4.69) is 10.3 Å². The second kappa shape index (κ2) is 6.31. The molecule has 0 aliphatic carbocycles. The van der Waals surface area contributed by atoms with Gasteiger partial charge in [-0.25, -0.2) is 4.39 Å². The highest BCUT2D eigenvalue weighted by molar-refractivity contribution is 5.92. The van der Waals surface area contributed by atoms with Crippen LogP contribution in [0.5, 0.6) is 5.75 Å². The van der Waals surface area contributed by atoms with Gasteiger partial charge in [0.1, 0.15) is 11.6 Å². The van der Waals surface area contributed by atoms with Gasteiger partial charge in [0, 0.05) is 17.3 Å². The van der Waals surface area contributed by atoms with Crippen molar-refractivity contribution in [3.63, 3.8) is 0 Å². The molecule has 1 heterocycles. The molecular formula is C17H13FN2O3. The first-order valence-corrected chi connectivity index (χ1v) is 6.92. The predicted octanol–water partition coefficient (Wildman–Crippen LogP) is 2.68. The summed E-state index contributed by atoms with van der Waals surface area (Å²) in [4.78, 5) is 26.2. The summed E-state index contributed by atoms with van der Waals surface area (Å²) >= 11 is 0. The van der Waals surface area contributed by atoms with E-state index in [0.29, 0.717) is 22.2 Å². The van der Waals surface area contributed by atoms with Crippen LogP contribution in [-0.4, -0.2) is 17.5 Å². The number of hydrogen-bond acceptors (Lipinski definition) is 3. The van der Waals surface area contributed by atoms with Crippen LogP contribution in [0.2, 0.25) is 0 Å². The normalized spacial score (nSPS) is 10.5. The van der Waals surface area contributed by atoms with Gasteiger partial charge in [0.05, 0.1) is 5.39 Å². The van der Waals surface area contributed by atoms with Crippen molar-refractivity contribution in [3.05, 3.63) is 70.9 Å². The van der Waals surface area contributed by atoms with Crippen molar-refractivity contribution in [1.29, 1.82) is 0 Å². The summed E-state index contributed by atoms with van der Waals surface area (Å²) < 4.78 is 18.5. The summed E-state index contributed by atoms with van der Waals surface area (Å²) in [6.45, 7) is -0.248. The molecule has 0 fully saturated rings. The van der Waals surface area contributed by atoms with E-state index in [9.17, 15) is 14.0 Å². The fourth-order valence-electron chi connectivity index (χ4n) is 2.22. The lowest BCUT2D eigenvalue weighted by Crippen LogP contribution is -2.20. The van der Waals surface area contributed by atoms with E-state index >= 15 is 0 Å².